The Kier molecular flexibility index (Phi) is 2.03. The van der Waals surface area contributed by atoms with Crippen LogP contribution in [0.1, 0.15) is 10.4 Å². The fourth-order valence-electron chi connectivity index (χ4n) is 1.46. The Morgan fingerprint density at radius 3 is 3.00 bits per heavy atom. The number of carbonyl (C=O) groups is 1. The summed E-state index contributed by atoms with van der Waals surface area (Å²) in [6.45, 7) is 0. The van der Waals surface area contributed by atoms with Gasteiger partial charge in [-0.15, -0.1) is 0 Å². The maximum absolute atomic E-state index is 10.9. The zero-order valence-electron chi connectivity index (χ0n) is 7.36. The fourth-order valence-corrected chi connectivity index (χ4v) is 1.99. The number of hydrogen-bond donors (Lipinski definition) is 1. The molecular weight excluding hydrogens is 248 g/mol. The predicted molar refractivity (Wildman–Crippen MR) is 55.4 cm³/mol. The van der Waals surface area contributed by atoms with E-state index in [-0.39, 0.29) is 5.56 Å². The van der Waals surface area contributed by atoms with Crippen molar-refractivity contribution in [1.29, 1.82) is 0 Å². The van der Waals surface area contributed by atoms with Gasteiger partial charge >= 0.3 is 5.97 Å². The van der Waals surface area contributed by atoms with E-state index in [1.54, 1.807) is 30.1 Å². The monoisotopic (exact) mass is 254 g/mol. The van der Waals surface area contributed by atoms with Crippen molar-refractivity contribution in [1.82, 2.24) is 9.55 Å². The van der Waals surface area contributed by atoms with E-state index >= 15 is 0 Å². The van der Waals surface area contributed by atoms with E-state index in [0.29, 0.717) is 9.99 Å². The van der Waals surface area contributed by atoms with Crippen LogP contribution >= 0.6 is 15.9 Å². The van der Waals surface area contributed by atoms with Gasteiger partial charge in [-0.25, -0.2) is 9.78 Å². The van der Waals surface area contributed by atoms with Crippen LogP contribution in [0.5, 0.6) is 0 Å². The van der Waals surface area contributed by atoms with Crippen LogP contribution in [0.2, 0.25) is 0 Å². The van der Waals surface area contributed by atoms with Crippen molar-refractivity contribution < 1.29 is 9.90 Å². The zero-order valence-corrected chi connectivity index (χ0v) is 8.95. The SMILES string of the molecule is Cn1cc(C(=O)O)c2c(Br)nccc21. The molecule has 0 atom stereocenters. The van der Waals surface area contributed by atoms with E-state index in [4.69, 9.17) is 5.11 Å². The molecule has 2 aromatic heterocycles. The molecule has 0 saturated carbocycles. The number of carboxylic acids is 1. The minimum Gasteiger partial charge on any atom is -0.478 e. The highest BCUT2D eigenvalue weighted by Crippen LogP contribution is 2.26. The van der Waals surface area contributed by atoms with Gasteiger partial charge in [0, 0.05) is 24.8 Å². The Balaban J connectivity index is 2.93. The summed E-state index contributed by atoms with van der Waals surface area (Å²) in [6, 6.07) is 1.78. The molecule has 4 nitrogen and oxygen atoms in total. The summed E-state index contributed by atoms with van der Waals surface area (Å²) in [5.41, 5.74) is 1.12. The van der Waals surface area contributed by atoms with Gasteiger partial charge in [0.1, 0.15) is 4.60 Å². The second kappa shape index (κ2) is 3.09. The molecule has 0 fully saturated rings. The van der Waals surface area contributed by atoms with Crippen LogP contribution in [0.25, 0.3) is 10.9 Å². The first kappa shape index (κ1) is 9.21. The van der Waals surface area contributed by atoms with Gasteiger partial charge in [0.05, 0.1) is 11.1 Å². The summed E-state index contributed by atoms with van der Waals surface area (Å²) in [7, 11) is 1.81. The fraction of sp³-hybridized carbons (Fsp3) is 0.111. The van der Waals surface area contributed by atoms with Crippen LogP contribution in [-0.2, 0) is 7.05 Å². The summed E-state index contributed by atoms with van der Waals surface area (Å²) < 4.78 is 2.33. The number of rotatable bonds is 1. The Hall–Kier alpha value is -1.36. The van der Waals surface area contributed by atoms with Gasteiger partial charge in [-0.05, 0) is 22.0 Å². The Morgan fingerprint density at radius 2 is 2.36 bits per heavy atom. The van der Waals surface area contributed by atoms with Gasteiger partial charge in [0.25, 0.3) is 0 Å². The van der Waals surface area contributed by atoms with Gasteiger partial charge in [-0.2, -0.15) is 0 Å². The molecule has 0 spiro atoms. The highest BCUT2D eigenvalue weighted by Gasteiger charge is 2.15. The van der Waals surface area contributed by atoms with Crippen LogP contribution in [0, 0.1) is 0 Å². The van der Waals surface area contributed by atoms with Crippen molar-refractivity contribution in [2.45, 2.75) is 0 Å². The molecule has 0 aromatic carbocycles. The zero-order chi connectivity index (χ0) is 10.3. The molecule has 0 bridgehead atoms. The van der Waals surface area contributed by atoms with E-state index in [1.807, 2.05) is 0 Å². The molecule has 72 valence electrons. The Labute approximate surface area is 88.3 Å². The van der Waals surface area contributed by atoms with E-state index in [9.17, 15) is 4.79 Å². The van der Waals surface area contributed by atoms with Crippen LogP contribution in [0.3, 0.4) is 0 Å². The maximum Gasteiger partial charge on any atom is 0.337 e. The number of aromatic carboxylic acids is 1. The highest BCUT2D eigenvalue weighted by molar-refractivity contribution is 9.10. The number of carboxylic acid groups (broad SMARTS) is 1. The molecule has 0 amide bonds. The summed E-state index contributed by atoms with van der Waals surface area (Å²) in [6.07, 6.45) is 3.22. The van der Waals surface area contributed by atoms with E-state index < -0.39 is 5.97 Å². The highest BCUT2D eigenvalue weighted by atomic mass is 79.9. The molecule has 2 aromatic rings. The van der Waals surface area contributed by atoms with Crippen molar-refractivity contribution in [2.24, 2.45) is 7.05 Å². The first-order chi connectivity index (χ1) is 6.61. The first-order valence-corrected chi connectivity index (χ1v) is 4.73. The lowest BCUT2D eigenvalue weighted by atomic mass is 10.2. The average Bonchev–Trinajstić information content (AvgIpc) is 2.46. The van der Waals surface area contributed by atoms with Crippen LogP contribution in [0.15, 0.2) is 23.1 Å². The normalized spacial score (nSPS) is 10.7. The number of nitrogens with zero attached hydrogens (tertiary/aromatic N) is 2. The van der Waals surface area contributed by atoms with E-state index in [0.717, 1.165) is 5.52 Å². The van der Waals surface area contributed by atoms with Crippen molar-refractivity contribution in [3.63, 3.8) is 0 Å². The summed E-state index contributed by atoms with van der Waals surface area (Å²) in [5.74, 6) is -0.940. The van der Waals surface area contributed by atoms with Crippen molar-refractivity contribution >= 4 is 32.8 Å². The van der Waals surface area contributed by atoms with Gasteiger partial charge in [0.2, 0.25) is 0 Å². The van der Waals surface area contributed by atoms with E-state index in [1.165, 1.54) is 0 Å². The summed E-state index contributed by atoms with van der Waals surface area (Å²) >= 11 is 3.24. The third kappa shape index (κ3) is 1.21. The van der Waals surface area contributed by atoms with Gasteiger partial charge < -0.3 is 9.67 Å². The third-order valence-corrected chi connectivity index (χ3v) is 2.69. The second-order valence-electron chi connectivity index (χ2n) is 2.95. The predicted octanol–water partition coefficient (Wildman–Crippen LogP) is 2.03. The van der Waals surface area contributed by atoms with Crippen molar-refractivity contribution in [3.05, 3.63) is 28.6 Å². The summed E-state index contributed by atoms with van der Waals surface area (Å²) in [4.78, 5) is 14.9. The topological polar surface area (TPSA) is 55.1 Å². The minimum absolute atomic E-state index is 0.266. The van der Waals surface area contributed by atoms with Gasteiger partial charge in [-0.1, -0.05) is 0 Å². The molecule has 1 N–H and O–H groups in total. The maximum atomic E-state index is 10.9. The molecule has 14 heavy (non-hydrogen) atoms. The minimum atomic E-state index is -0.940. The van der Waals surface area contributed by atoms with Crippen LogP contribution in [0.4, 0.5) is 0 Å². The number of pyridine rings is 1. The third-order valence-electron chi connectivity index (χ3n) is 2.09. The molecule has 0 saturated heterocycles. The molecule has 0 aliphatic rings. The largest absolute Gasteiger partial charge is 0.478 e. The number of halogens is 1. The number of hydrogen-bond acceptors (Lipinski definition) is 2. The smallest absolute Gasteiger partial charge is 0.337 e. The molecule has 0 aliphatic carbocycles. The van der Waals surface area contributed by atoms with Gasteiger partial charge in [-0.3, -0.25) is 0 Å². The molecule has 2 rings (SSSR count). The molecule has 0 unspecified atom stereocenters. The average molecular weight is 255 g/mol. The Bertz CT molecular complexity index is 519. The van der Waals surface area contributed by atoms with Crippen LogP contribution in [-0.4, -0.2) is 20.6 Å². The molecule has 0 radical (unpaired) electrons. The van der Waals surface area contributed by atoms with Crippen molar-refractivity contribution in [2.75, 3.05) is 0 Å². The van der Waals surface area contributed by atoms with Crippen LogP contribution < -0.4 is 0 Å². The molecule has 5 heteroatoms. The van der Waals surface area contributed by atoms with Crippen molar-refractivity contribution in [3.8, 4) is 0 Å². The molecule has 2 heterocycles. The Morgan fingerprint density at radius 1 is 1.64 bits per heavy atom. The first-order valence-electron chi connectivity index (χ1n) is 3.94. The molecular formula is C9H7BrN2O2. The number of aromatic nitrogens is 2. The van der Waals surface area contributed by atoms with Gasteiger partial charge in [0.15, 0.2) is 0 Å². The standard InChI is InChI=1S/C9H7BrN2O2/c1-12-4-5(9(13)14)7-6(12)2-3-11-8(7)10/h2-4H,1H3,(H,13,14). The van der Waals surface area contributed by atoms with E-state index in [2.05, 4.69) is 20.9 Å². The lowest BCUT2D eigenvalue weighted by molar-refractivity contribution is 0.0699. The second-order valence-corrected chi connectivity index (χ2v) is 3.71. The number of fused-ring (bicyclic) bond motifs is 1. The lowest BCUT2D eigenvalue weighted by Gasteiger charge is -1.96. The number of aryl methyl sites for hydroxylation is 1. The quantitative estimate of drug-likeness (QED) is 0.793. The summed E-state index contributed by atoms with van der Waals surface area (Å²) in [5, 5.41) is 9.60. The molecule has 0 aliphatic heterocycles. The lowest BCUT2D eigenvalue weighted by Crippen LogP contribution is -1.94.